The van der Waals surface area contributed by atoms with Crippen LogP contribution < -0.4 is 15.8 Å². The molecule has 0 unspecified atom stereocenters. The number of hydrogen-bond donors (Lipinski definition) is 2. The zero-order valence-corrected chi connectivity index (χ0v) is 17.0. The molecule has 1 aliphatic heterocycles. The second-order valence-corrected chi connectivity index (χ2v) is 8.27. The molecule has 0 saturated heterocycles. The first-order valence-electron chi connectivity index (χ1n) is 9.61. The molecule has 4 rings (SSSR count). The van der Waals surface area contributed by atoms with Crippen LogP contribution in [0.5, 0.6) is 5.75 Å². The van der Waals surface area contributed by atoms with E-state index in [1.165, 1.54) is 24.4 Å². The van der Waals surface area contributed by atoms with Crippen molar-refractivity contribution in [1.82, 2.24) is 4.98 Å². The summed E-state index contributed by atoms with van der Waals surface area (Å²) in [6.45, 7) is 0.987. The second kappa shape index (κ2) is 7.05. The van der Waals surface area contributed by atoms with Crippen molar-refractivity contribution >= 4 is 41.0 Å². The molecule has 1 aromatic heterocycles. The third kappa shape index (κ3) is 3.76. The summed E-state index contributed by atoms with van der Waals surface area (Å²) in [6.07, 6.45) is 0.0601. The molecule has 2 aromatic rings. The molecule has 1 spiro atoms. The lowest BCUT2D eigenvalue weighted by molar-refractivity contribution is -0.120. The molecule has 158 valence electrons. The number of pyridine rings is 1. The molecule has 1 aliphatic carbocycles. The molecule has 6 nitrogen and oxygen atoms in total. The van der Waals surface area contributed by atoms with Crippen LogP contribution in [0.25, 0.3) is 0 Å². The van der Waals surface area contributed by atoms with E-state index < -0.39 is 40.6 Å². The largest absolute Gasteiger partial charge is 0.514 e. The lowest BCUT2D eigenvalue weighted by atomic mass is 9.52. The van der Waals surface area contributed by atoms with Gasteiger partial charge in [0.05, 0.1) is 12.6 Å². The second-order valence-electron chi connectivity index (χ2n) is 8.27. The first-order chi connectivity index (χ1) is 14.7. The topological polar surface area (TPSA) is 89.6 Å². The Bertz CT molecular complexity index is 1120. The van der Waals surface area contributed by atoms with E-state index in [-0.39, 0.29) is 29.1 Å². The molecule has 2 atom stereocenters. The van der Waals surface area contributed by atoms with Crippen molar-refractivity contribution in [2.24, 2.45) is 10.7 Å². The van der Waals surface area contributed by atoms with E-state index >= 15 is 0 Å². The van der Waals surface area contributed by atoms with E-state index in [2.05, 4.69) is 15.3 Å². The van der Waals surface area contributed by atoms with Gasteiger partial charge in [-0.05, 0) is 47.6 Å². The average Bonchev–Trinajstić information content (AvgIpc) is 2.64. The van der Waals surface area contributed by atoms with Gasteiger partial charge in [0.1, 0.15) is 40.8 Å². The number of carbonyl (C=O) groups is 1. The SMILES string of the molecule is [B]C([B])([B])Oc1ccc(C(=O)Nc2ccc3c(c2)[C@@]2(C3)N=C(N)[C@@](C)(F)CC2(F)F)nc1. The number of amidine groups is 1. The highest BCUT2D eigenvalue weighted by molar-refractivity contribution is 6.58. The Morgan fingerprint density at radius 3 is 2.56 bits per heavy atom. The molecule has 1 amide bonds. The van der Waals surface area contributed by atoms with Crippen LogP contribution in [-0.4, -0.2) is 57.2 Å². The highest BCUT2D eigenvalue weighted by Crippen LogP contribution is 2.57. The van der Waals surface area contributed by atoms with E-state index in [1.54, 1.807) is 12.1 Å². The fourth-order valence-electron chi connectivity index (χ4n) is 3.92. The van der Waals surface area contributed by atoms with E-state index in [0.29, 0.717) is 5.56 Å². The van der Waals surface area contributed by atoms with Gasteiger partial charge in [-0.3, -0.25) is 9.79 Å². The number of nitrogens with one attached hydrogen (secondary N) is 1. The monoisotopic (exact) mass is 434 g/mol. The van der Waals surface area contributed by atoms with Crippen molar-refractivity contribution in [3.05, 3.63) is 53.3 Å². The Morgan fingerprint density at radius 1 is 1.22 bits per heavy atom. The number of rotatable bonds is 4. The van der Waals surface area contributed by atoms with Crippen molar-refractivity contribution in [3.63, 3.8) is 0 Å². The van der Waals surface area contributed by atoms with Gasteiger partial charge in [0, 0.05) is 12.1 Å². The summed E-state index contributed by atoms with van der Waals surface area (Å²) in [5, 5.41) is 0.687. The van der Waals surface area contributed by atoms with Crippen LogP contribution in [0.3, 0.4) is 0 Å². The Kier molecular flexibility index (Phi) is 4.91. The van der Waals surface area contributed by atoms with Gasteiger partial charge in [-0.1, -0.05) is 6.07 Å². The summed E-state index contributed by atoms with van der Waals surface area (Å²) in [5.41, 5.74) is 2.39. The smallest absolute Gasteiger partial charge is 0.280 e. The molecule has 0 fully saturated rings. The molecule has 0 saturated carbocycles. The molecular weight excluding hydrogens is 418 g/mol. The maximum Gasteiger partial charge on any atom is 0.280 e. The molecule has 6 radical (unpaired) electrons. The van der Waals surface area contributed by atoms with Crippen molar-refractivity contribution in [1.29, 1.82) is 0 Å². The van der Waals surface area contributed by atoms with E-state index in [4.69, 9.17) is 34.0 Å². The average molecular weight is 434 g/mol. The Labute approximate surface area is 186 Å². The number of hydrogen-bond acceptors (Lipinski definition) is 5. The van der Waals surface area contributed by atoms with Crippen LogP contribution in [0.4, 0.5) is 18.9 Å². The van der Waals surface area contributed by atoms with Crippen LogP contribution in [-0.2, 0) is 12.0 Å². The normalized spacial score (nSPS) is 25.9. The van der Waals surface area contributed by atoms with Gasteiger partial charge < -0.3 is 15.8 Å². The number of ether oxygens (including phenoxy) is 1. The summed E-state index contributed by atoms with van der Waals surface area (Å²) in [7, 11) is 16.0. The molecule has 2 heterocycles. The van der Waals surface area contributed by atoms with E-state index in [1.807, 2.05) is 0 Å². The maximum absolute atomic E-state index is 14.9. The predicted octanol–water partition coefficient (Wildman–Crippen LogP) is 1.71. The Balaban J connectivity index is 1.57. The fraction of sp³-hybridized carbons (Fsp3) is 0.350. The highest BCUT2D eigenvalue weighted by Gasteiger charge is 2.66. The number of halogens is 3. The quantitative estimate of drug-likeness (QED) is 0.718. The number of alkyl halides is 3. The van der Waals surface area contributed by atoms with Gasteiger partial charge in [-0.2, -0.15) is 0 Å². The standard InChI is InChI=1S/C20H16B3F3N4O2/c1-17(24)9-19(25,26)18(30-16(17)27)7-10-2-3-11(6-13(10)18)29-15(31)14-5-4-12(8-28-14)32-20(21,22)23/h2-6,8H,7,9H2,1H3,(H2,27,30)(H,29,31)/t17-,18+/m0/s1. The zero-order valence-electron chi connectivity index (χ0n) is 17.0. The summed E-state index contributed by atoms with van der Waals surface area (Å²) >= 11 is 0. The number of aromatic nitrogens is 1. The summed E-state index contributed by atoms with van der Waals surface area (Å²) in [4.78, 5) is 20.3. The molecule has 0 bridgehead atoms. The lowest BCUT2D eigenvalue weighted by Crippen LogP contribution is -2.61. The van der Waals surface area contributed by atoms with Gasteiger partial charge in [-0.15, -0.1) is 0 Å². The maximum atomic E-state index is 14.9. The molecule has 32 heavy (non-hydrogen) atoms. The first kappa shape index (κ1) is 22.3. The summed E-state index contributed by atoms with van der Waals surface area (Å²) < 4.78 is 49.2. The molecule has 3 N–H and O–H groups in total. The van der Waals surface area contributed by atoms with Gasteiger partial charge >= 0.3 is 0 Å². The molecule has 2 aliphatic rings. The number of amides is 1. The third-order valence-corrected chi connectivity index (χ3v) is 5.53. The van der Waals surface area contributed by atoms with Crippen LogP contribution >= 0.6 is 0 Å². The minimum atomic E-state index is -3.45. The number of nitrogens with two attached hydrogens (primary N) is 1. The lowest BCUT2D eigenvalue weighted by Gasteiger charge is -2.50. The number of benzene rings is 1. The van der Waals surface area contributed by atoms with E-state index in [0.717, 1.165) is 6.92 Å². The first-order valence-corrected chi connectivity index (χ1v) is 9.61. The van der Waals surface area contributed by atoms with Gasteiger partial charge in [0.25, 0.3) is 11.8 Å². The summed E-state index contributed by atoms with van der Waals surface area (Å²) in [5.74, 6) is -4.37. The summed E-state index contributed by atoms with van der Waals surface area (Å²) in [6, 6.07) is 7.31. The molecule has 1 aromatic carbocycles. The predicted molar refractivity (Wildman–Crippen MR) is 115 cm³/mol. The van der Waals surface area contributed by atoms with Crippen LogP contribution in [0.15, 0.2) is 41.5 Å². The number of fused-ring (bicyclic) bond motifs is 2. The van der Waals surface area contributed by atoms with Crippen LogP contribution in [0, 0.1) is 0 Å². The van der Waals surface area contributed by atoms with Crippen LogP contribution in [0.1, 0.15) is 35.0 Å². The van der Waals surface area contributed by atoms with Crippen LogP contribution in [0.2, 0.25) is 0 Å². The fourth-order valence-corrected chi connectivity index (χ4v) is 3.92. The van der Waals surface area contributed by atoms with Crippen molar-refractivity contribution < 1.29 is 22.7 Å². The molecular formula is C20H16B3F3N4O2. The van der Waals surface area contributed by atoms with Gasteiger partial charge in [0.2, 0.25) is 0 Å². The Hall–Kier alpha value is -2.91. The number of nitrogens with zero attached hydrogens (tertiary/aromatic N) is 2. The minimum absolute atomic E-state index is 0.0184. The zero-order chi connectivity index (χ0) is 23.5. The van der Waals surface area contributed by atoms with Gasteiger partial charge in [0.15, 0.2) is 11.2 Å². The van der Waals surface area contributed by atoms with E-state index in [9.17, 15) is 18.0 Å². The Morgan fingerprint density at radius 2 is 1.94 bits per heavy atom. The molecule has 12 heteroatoms. The third-order valence-electron chi connectivity index (χ3n) is 5.53. The van der Waals surface area contributed by atoms with Crippen molar-refractivity contribution in [2.45, 2.75) is 42.2 Å². The van der Waals surface area contributed by atoms with Crippen molar-refractivity contribution in [2.75, 3.05) is 5.32 Å². The van der Waals surface area contributed by atoms with Gasteiger partial charge in [-0.25, -0.2) is 18.2 Å². The number of anilines is 1. The number of carbonyl (C=O) groups excluding carboxylic acids is 1. The highest BCUT2D eigenvalue weighted by atomic mass is 19.3. The minimum Gasteiger partial charge on any atom is -0.514 e. The number of aliphatic imine (C=N–C) groups is 1. The van der Waals surface area contributed by atoms with Crippen molar-refractivity contribution in [3.8, 4) is 5.75 Å².